The second-order valence-corrected chi connectivity index (χ2v) is 3.44. The molecule has 1 aromatic heterocycles. The van der Waals surface area contributed by atoms with E-state index in [-0.39, 0.29) is 0 Å². The number of rotatable bonds is 3. The summed E-state index contributed by atoms with van der Waals surface area (Å²) in [4.78, 5) is 10.6. The lowest BCUT2D eigenvalue weighted by atomic mass is 10.2. The van der Waals surface area contributed by atoms with E-state index in [0.29, 0.717) is 10.6 Å². The van der Waals surface area contributed by atoms with Crippen molar-refractivity contribution >= 4 is 29.3 Å². The number of aromatic nitrogens is 2. The van der Waals surface area contributed by atoms with Gasteiger partial charge in [0.1, 0.15) is 6.29 Å². The summed E-state index contributed by atoms with van der Waals surface area (Å²) in [7, 11) is 0. The Bertz CT molecular complexity index is 468. The maximum absolute atomic E-state index is 10.6. The molecule has 15 heavy (non-hydrogen) atoms. The standard InChI is InChI=1S/C10H8ClN3O/c11-8-1-7(6-15)2-9(3-8)14-10-4-12-13-5-10/h1-6,14H,(H,12,13). The molecule has 5 heteroatoms. The molecule has 0 bridgehead atoms. The molecule has 2 aromatic rings. The van der Waals surface area contributed by atoms with E-state index in [1.165, 1.54) is 0 Å². The van der Waals surface area contributed by atoms with Gasteiger partial charge < -0.3 is 5.32 Å². The van der Waals surface area contributed by atoms with Gasteiger partial charge in [0.2, 0.25) is 0 Å². The third-order valence-electron chi connectivity index (χ3n) is 1.84. The molecule has 1 heterocycles. The summed E-state index contributed by atoms with van der Waals surface area (Å²) in [6, 6.07) is 5.06. The van der Waals surface area contributed by atoms with Crippen molar-refractivity contribution in [1.82, 2.24) is 10.2 Å². The second-order valence-electron chi connectivity index (χ2n) is 3.00. The largest absolute Gasteiger partial charge is 0.353 e. The average molecular weight is 222 g/mol. The van der Waals surface area contributed by atoms with E-state index in [4.69, 9.17) is 11.6 Å². The molecule has 0 spiro atoms. The summed E-state index contributed by atoms with van der Waals surface area (Å²) in [6.07, 6.45) is 4.11. The number of hydrogen-bond acceptors (Lipinski definition) is 3. The molecule has 0 saturated carbocycles. The van der Waals surface area contributed by atoms with Gasteiger partial charge in [0, 0.05) is 22.5 Å². The highest BCUT2D eigenvalue weighted by molar-refractivity contribution is 6.31. The van der Waals surface area contributed by atoms with E-state index in [1.54, 1.807) is 30.6 Å². The maximum Gasteiger partial charge on any atom is 0.150 e. The van der Waals surface area contributed by atoms with Crippen LogP contribution in [-0.2, 0) is 0 Å². The van der Waals surface area contributed by atoms with Crippen molar-refractivity contribution in [2.75, 3.05) is 5.32 Å². The van der Waals surface area contributed by atoms with Gasteiger partial charge in [-0.15, -0.1) is 0 Å². The average Bonchev–Trinajstić information content (AvgIpc) is 2.69. The number of hydrogen-bond donors (Lipinski definition) is 2. The molecule has 1 aromatic carbocycles. The number of carbonyl (C=O) groups excluding carboxylic acids is 1. The molecular weight excluding hydrogens is 214 g/mol. The number of aldehydes is 1. The highest BCUT2D eigenvalue weighted by atomic mass is 35.5. The molecule has 0 unspecified atom stereocenters. The van der Waals surface area contributed by atoms with Crippen LogP contribution in [0.25, 0.3) is 0 Å². The Labute approximate surface area is 91.3 Å². The molecule has 0 atom stereocenters. The number of aromatic amines is 1. The van der Waals surface area contributed by atoms with Crippen LogP contribution in [0.15, 0.2) is 30.6 Å². The zero-order chi connectivity index (χ0) is 10.7. The van der Waals surface area contributed by atoms with Gasteiger partial charge in [-0.2, -0.15) is 5.10 Å². The van der Waals surface area contributed by atoms with Gasteiger partial charge >= 0.3 is 0 Å². The summed E-state index contributed by atoms with van der Waals surface area (Å²) in [5.41, 5.74) is 2.11. The fraction of sp³-hybridized carbons (Fsp3) is 0. The fourth-order valence-electron chi connectivity index (χ4n) is 1.24. The van der Waals surface area contributed by atoms with Crippen LogP contribution in [0.3, 0.4) is 0 Å². The summed E-state index contributed by atoms with van der Waals surface area (Å²) in [6.45, 7) is 0. The lowest BCUT2D eigenvalue weighted by Gasteiger charge is -2.04. The minimum atomic E-state index is 0.519. The molecule has 2 N–H and O–H groups in total. The Kier molecular flexibility index (Phi) is 2.69. The number of carbonyl (C=O) groups is 1. The normalized spacial score (nSPS) is 9.93. The summed E-state index contributed by atoms with van der Waals surface area (Å²) < 4.78 is 0. The van der Waals surface area contributed by atoms with Gasteiger partial charge in [-0.05, 0) is 18.2 Å². The minimum absolute atomic E-state index is 0.519. The van der Waals surface area contributed by atoms with Crippen LogP contribution in [0.1, 0.15) is 10.4 Å². The van der Waals surface area contributed by atoms with E-state index < -0.39 is 0 Å². The van der Waals surface area contributed by atoms with E-state index >= 15 is 0 Å². The van der Waals surface area contributed by atoms with Crippen molar-refractivity contribution in [3.05, 3.63) is 41.2 Å². The van der Waals surface area contributed by atoms with Gasteiger partial charge in [-0.25, -0.2) is 0 Å². The molecule has 0 aliphatic carbocycles. The molecule has 0 saturated heterocycles. The first-order valence-corrected chi connectivity index (χ1v) is 4.67. The van der Waals surface area contributed by atoms with Gasteiger partial charge in [0.25, 0.3) is 0 Å². The van der Waals surface area contributed by atoms with E-state index in [2.05, 4.69) is 15.5 Å². The van der Waals surface area contributed by atoms with Crippen molar-refractivity contribution in [3.63, 3.8) is 0 Å². The predicted molar refractivity (Wildman–Crippen MR) is 58.7 cm³/mol. The first-order valence-electron chi connectivity index (χ1n) is 4.29. The monoisotopic (exact) mass is 221 g/mol. The molecule has 0 aliphatic heterocycles. The van der Waals surface area contributed by atoms with Crippen LogP contribution < -0.4 is 5.32 Å². The van der Waals surface area contributed by atoms with Crippen molar-refractivity contribution < 1.29 is 4.79 Å². The fourth-order valence-corrected chi connectivity index (χ4v) is 1.48. The van der Waals surface area contributed by atoms with Crippen molar-refractivity contribution in [1.29, 1.82) is 0 Å². The van der Waals surface area contributed by atoms with Crippen LogP contribution >= 0.6 is 11.6 Å². The first kappa shape index (κ1) is 9.73. The number of benzene rings is 1. The van der Waals surface area contributed by atoms with Gasteiger partial charge in [-0.3, -0.25) is 9.89 Å². The number of nitrogens with one attached hydrogen (secondary N) is 2. The third kappa shape index (κ3) is 2.35. The van der Waals surface area contributed by atoms with Crippen molar-refractivity contribution in [3.8, 4) is 0 Å². The Morgan fingerprint density at radius 1 is 1.33 bits per heavy atom. The lowest BCUT2D eigenvalue weighted by molar-refractivity contribution is 0.112. The van der Waals surface area contributed by atoms with Crippen molar-refractivity contribution in [2.24, 2.45) is 0 Å². The molecule has 0 fully saturated rings. The number of nitrogens with zero attached hydrogens (tertiary/aromatic N) is 1. The quantitative estimate of drug-likeness (QED) is 0.784. The van der Waals surface area contributed by atoms with Crippen molar-refractivity contribution in [2.45, 2.75) is 0 Å². The summed E-state index contributed by atoms with van der Waals surface area (Å²) in [5, 5.41) is 10.1. The van der Waals surface area contributed by atoms with Gasteiger partial charge in [0.15, 0.2) is 0 Å². The summed E-state index contributed by atoms with van der Waals surface area (Å²) >= 11 is 5.85. The highest BCUT2D eigenvalue weighted by Gasteiger charge is 2.00. The zero-order valence-electron chi connectivity index (χ0n) is 7.70. The second kappa shape index (κ2) is 4.14. The topological polar surface area (TPSA) is 57.8 Å². The van der Waals surface area contributed by atoms with Gasteiger partial charge in [-0.1, -0.05) is 11.6 Å². The Morgan fingerprint density at radius 2 is 2.20 bits per heavy atom. The molecule has 4 nitrogen and oxygen atoms in total. The van der Waals surface area contributed by atoms with E-state index in [0.717, 1.165) is 17.7 Å². The molecule has 0 radical (unpaired) electrons. The number of halogens is 1. The number of anilines is 2. The molecule has 0 aliphatic rings. The predicted octanol–water partition coefficient (Wildman–Crippen LogP) is 2.62. The van der Waals surface area contributed by atoms with Crippen LogP contribution in [0, 0.1) is 0 Å². The van der Waals surface area contributed by atoms with Crippen LogP contribution in [0.5, 0.6) is 0 Å². The molecular formula is C10H8ClN3O. The Morgan fingerprint density at radius 3 is 2.87 bits per heavy atom. The first-order chi connectivity index (χ1) is 7.28. The Hall–Kier alpha value is -1.81. The van der Waals surface area contributed by atoms with Gasteiger partial charge in [0.05, 0.1) is 11.9 Å². The van der Waals surface area contributed by atoms with Crippen LogP contribution in [0.4, 0.5) is 11.4 Å². The molecule has 0 amide bonds. The highest BCUT2D eigenvalue weighted by Crippen LogP contribution is 2.21. The lowest BCUT2D eigenvalue weighted by Crippen LogP contribution is -1.90. The zero-order valence-corrected chi connectivity index (χ0v) is 8.45. The third-order valence-corrected chi connectivity index (χ3v) is 2.06. The Balaban J connectivity index is 2.28. The SMILES string of the molecule is O=Cc1cc(Cl)cc(Nc2cn[nH]c2)c1. The van der Waals surface area contributed by atoms with E-state index in [9.17, 15) is 4.79 Å². The van der Waals surface area contributed by atoms with Crippen LogP contribution in [0.2, 0.25) is 5.02 Å². The van der Waals surface area contributed by atoms with Crippen LogP contribution in [-0.4, -0.2) is 16.5 Å². The summed E-state index contributed by atoms with van der Waals surface area (Å²) in [5.74, 6) is 0. The smallest absolute Gasteiger partial charge is 0.150 e. The molecule has 76 valence electrons. The number of H-pyrrole nitrogens is 1. The molecule has 2 rings (SSSR count). The maximum atomic E-state index is 10.6. The van der Waals surface area contributed by atoms with E-state index in [1.807, 2.05) is 0 Å². The minimum Gasteiger partial charge on any atom is -0.353 e.